The molecule has 6 nitrogen and oxygen atoms in total. The van der Waals surface area contributed by atoms with Crippen LogP contribution in [0.5, 0.6) is 11.5 Å². The number of carbonyl (C=O) groups is 2. The molecule has 0 aromatic heterocycles. The number of rotatable bonds is 4. The first kappa shape index (κ1) is 18.4. The van der Waals surface area contributed by atoms with E-state index in [1.165, 1.54) is 12.1 Å². The van der Waals surface area contributed by atoms with Gasteiger partial charge in [0, 0.05) is 17.8 Å². The molecule has 29 heavy (non-hydrogen) atoms. The van der Waals surface area contributed by atoms with E-state index in [9.17, 15) is 18.4 Å². The van der Waals surface area contributed by atoms with Gasteiger partial charge in [0.15, 0.2) is 11.5 Å². The molecule has 0 saturated heterocycles. The first-order valence-electron chi connectivity index (χ1n) is 8.58. The first-order valence-corrected chi connectivity index (χ1v) is 8.58. The maximum atomic E-state index is 13.9. The lowest BCUT2D eigenvalue weighted by atomic mass is 10.1. The molecule has 1 heterocycles. The number of carbonyl (C=O) groups excluding carboxylic acids is 2. The lowest BCUT2D eigenvalue weighted by Crippen LogP contribution is -2.19. The van der Waals surface area contributed by atoms with Gasteiger partial charge in [0.05, 0.1) is 16.8 Å². The predicted molar refractivity (Wildman–Crippen MR) is 101 cm³/mol. The summed E-state index contributed by atoms with van der Waals surface area (Å²) in [6.45, 7) is 0.113. The average Bonchev–Trinajstić information content (AvgIpc) is 3.16. The largest absolute Gasteiger partial charge is 0.454 e. The molecule has 0 saturated carbocycles. The summed E-state index contributed by atoms with van der Waals surface area (Å²) in [6, 6.07) is 13.8. The highest BCUT2D eigenvalue weighted by molar-refractivity contribution is 6.12. The second-order valence-corrected chi connectivity index (χ2v) is 6.15. The van der Waals surface area contributed by atoms with E-state index in [0.717, 1.165) is 12.1 Å². The van der Waals surface area contributed by atoms with Crippen LogP contribution in [0.25, 0.3) is 0 Å². The fourth-order valence-electron chi connectivity index (χ4n) is 2.83. The highest BCUT2D eigenvalue weighted by atomic mass is 19.1. The number of hydrogen-bond acceptors (Lipinski definition) is 4. The zero-order chi connectivity index (χ0) is 20.4. The van der Waals surface area contributed by atoms with Crippen LogP contribution >= 0.6 is 0 Å². The summed E-state index contributed by atoms with van der Waals surface area (Å²) in [5.41, 5.74) is 0.489. The molecule has 0 atom stereocenters. The Kier molecular flexibility index (Phi) is 4.82. The molecule has 2 amide bonds. The van der Waals surface area contributed by atoms with E-state index in [2.05, 4.69) is 10.6 Å². The van der Waals surface area contributed by atoms with Crippen LogP contribution in [0.2, 0.25) is 0 Å². The van der Waals surface area contributed by atoms with Gasteiger partial charge in [-0.3, -0.25) is 9.59 Å². The van der Waals surface area contributed by atoms with Gasteiger partial charge in [0.1, 0.15) is 11.6 Å². The van der Waals surface area contributed by atoms with Gasteiger partial charge in [-0.25, -0.2) is 8.78 Å². The molecule has 1 aliphatic rings. The number of amides is 2. The summed E-state index contributed by atoms with van der Waals surface area (Å²) in [7, 11) is 0. The van der Waals surface area contributed by atoms with E-state index in [-0.39, 0.29) is 23.6 Å². The Labute approximate surface area is 164 Å². The van der Waals surface area contributed by atoms with Gasteiger partial charge in [0.2, 0.25) is 6.79 Å². The lowest BCUT2D eigenvalue weighted by Gasteiger charge is -2.12. The normalized spacial score (nSPS) is 11.8. The standard InChI is InChI=1S/C21H14F2N2O4/c22-12-5-7-14(16(23)9-12)20(26)25-17-4-2-1-3-15(17)21(27)24-13-6-8-18-19(10-13)29-11-28-18/h1-10H,11H2,(H,24,27)(H,25,26). The minimum atomic E-state index is -0.996. The van der Waals surface area contributed by atoms with E-state index in [1.807, 2.05) is 0 Å². The monoisotopic (exact) mass is 396 g/mol. The van der Waals surface area contributed by atoms with Crippen molar-refractivity contribution in [1.29, 1.82) is 0 Å². The Bertz CT molecular complexity index is 1120. The number of benzene rings is 3. The van der Waals surface area contributed by atoms with Gasteiger partial charge in [-0.2, -0.15) is 0 Å². The van der Waals surface area contributed by atoms with Crippen molar-refractivity contribution in [3.05, 3.63) is 83.4 Å². The molecule has 0 spiro atoms. The van der Waals surface area contributed by atoms with E-state index < -0.39 is 23.4 Å². The number of nitrogens with one attached hydrogen (secondary N) is 2. The van der Waals surface area contributed by atoms with E-state index in [1.54, 1.807) is 30.3 Å². The molecule has 0 aliphatic carbocycles. The summed E-state index contributed by atoms with van der Waals surface area (Å²) in [6.07, 6.45) is 0. The molecular weight excluding hydrogens is 382 g/mol. The number of fused-ring (bicyclic) bond motifs is 1. The molecule has 3 aromatic rings. The van der Waals surface area contributed by atoms with Gasteiger partial charge in [-0.05, 0) is 36.4 Å². The summed E-state index contributed by atoms with van der Waals surface area (Å²) < 4.78 is 37.4. The zero-order valence-electron chi connectivity index (χ0n) is 14.9. The van der Waals surface area contributed by atoms with Crippen LogP contribution in [0.4, 0.5) is 20.2 Å². The van der Waals surface area contributed by atoms with E-state index in [0.29, 0.717) is 23.3 Å². The van der Waals surface area contributed by atoms with Crippen molar-refractivity contribution in [2.75, 3.05) is 17.4 Å². The van der Waals surface area contributed by atoms with Gasteiger partial charge in [-0.15, -0.1) is 0 Å². The molecule has 146 valence electrons. The van der Waals surface area contributed by atoms with E-state index in [4.69, 9.17) is 9.47 Å². The number of halogens is 2. The van der Waals surface area contributed by atoms with Crippen molar-refractivity contribution in [2.45, 2.75) is 0 Å². The SMILES string of the molecule is O=C(Nc1ccccc1C(=O)Nc1ccc2c(c1)OCO2)c1ccc(F)cc1F. The smallest absolute Gasteiger partial charge is 0.258 e. The molecular formula is C21H14F2N2O4. The van der Waals surface area contributed by atoms with Crippen LogP contribution < -0.4 is 20.1 Å². The van der Waals surface area contributed by atoms with Gasteiger partial charge < -0.3 is 20.1 Å². The quantitative estimate of drug-likeness (QED) is 0.693. The van der Waals surface area contributed by atoms with Gasteiger partial charge >= 0.3 is 0 Å². The second kappa shape index (κ2) is 7.59. The highest BCUT2D eigenvalue weighted by Crippen LogP contribution is 2.34. The molecule has 8 heteroatoms. The van der Waals surface area contributed by atoms with Gasteiger partial charge in [0.25, 0.3) is 11.8 Å². The van der Waals surface area contributed by atoms with Crippen LogP contribution in [0.3, 0.4) is 0 Å². The Morgan fingerprint density at radius 3 is 2.38 bits per heavy atom. The van der Waals surface area contributed by atoms with Crippen molar-refractivity contribution < 1.29 is 27.8 Å². The Morgan fingerprint density at radius 1 is 0.793 bits per heavy atom. The molecule has 4 rings (SSSR count). The first-order chi connectivity index (χ1) is 14.0. The van der Waals surface area contributed by atoms with Crippen molar-refractivity contribution in [3.63, 3.8) is 0 Å². The minimum absolute atomic E-state index is 0.113. The maximum absolute atomic E-state index is 13.9. The number of anilines is 2. The summed E-state index contributed by atoms with van der Waals surface area (Å²) >= 11 is 0. The van der Waals surface area contributed by atoms with Crippen molar-refractivity contribution in [2.24, 2.45) is 0 Å². The van der Waals surface area contributed by atoms with Crippen LogP contribution in [0.15, 0.2) is 60.7 Å². The van der Waals surface area contributed by atoms with Crippen molar-refractivity contribution in [1.82, 2.24) is 0 Å². The topological polar surface area (TPSA) is 76.7 Å². The van der Waals surface area contributed by atoms with Crippen LogP contribution in [0, 0.1) is 11.6 Å². The molecule has 1 aliphatic heterocycles. The number of hydrogen-bond donors (Lipinski definition) is 2. The summed E-state index contributed by atoms with van der Waals surface area (Å²) in [4.78, 5) is 25.1. The third-order valence-corrected chi connectivity index (χ3v) is 4.23. The Hall–Kier alpha value is -3.94. The highest BCUT2D eigenvalue weighted by Gasteiger charge is 2.18. The number of ether oxygens (including phenoxy) is 2. The van der Waals surface area contributed by atoms with E-state index >= 15 is 0 Å². The van der Waals surface area contributed by atoms with Gasteiger partial charge in [-0.1, -0.05) is 12.1 Å². The predicted octanol–water partition coefficient (Wildman–Crippen LogP) is 4.20. The Balaban J connectivity index is 1.54. The molecule has 0 unspecified atom stereocenters. The molecule has 0 radical (unpaired) electrons. The fourth-order valence-corrected chi connectivity index (χ4v) is 2.83. The maximum Gasteiger partial charge on any atom is 0.258 e. The van der Waals surface area contributed by atoms with Crippen molar-refractivity contribution in [3.8, 4) is 11.5 Å². The second-order valence-electron chi connectivity index (χ2n) is 6.15. The minimum Gasteiger partial charge on any atom is -0.454 e. The Morgan fingerprint density at radius 2 is 1.55 bits per heavy atom. The van der Waals surface area contributed by atoms with Crippen molar-refractivity contribution >= 4 is 23.2 Å². The third-order valence-electron chi connectivity index (χ3n) is 4.23. The van der Waals surface area contributed by atoms with Crippen LogP contribution in [-0.4, -0.2) is 18.6 Å². The molecule has 0 fully saturated rings. The molecule has 2 N–H and O–H groups in total. The average molecular weight is 396 g/mol. The number of para-hydroxylation sites is 1. The molecule has 0 bridgehead atoms. The van der Waals surface area contributed by atoms with Crippen LogP contribution in [-0.2, 0) is 0 Å². The summed E-state index contributed by atoms with van der Waals surface area (Å²) in [5.74, 6) is -1.98. The lowest BCUT2D eigenvalue weighted by molar-refractivity contribution is 0.102. The fraction of sp³-hybridized carbons (Fsp3) is 0.0476. The summed E-state index contributed by atoms with van der Waals surface area (Å²) in [5, 5.41) is 5.20. The van der Waals surface area contributed by atoms with Crippen LogP contribution in [0.1, 0.15) is 20.7 Å². The molecule has 3 aromatic carbocycles. The zero-order valence-corrected chi connectivity index (χ0v) is 14.9. The third kappa shape index (κ3) is 3.86.